The highest BCUT2D eigenvalue weighted by molar-refractivity contribution is 5.92. The molecule has 152 valence electrons. The summed E-state index contributed by atoms with van der Waals surface area (Å²) >= 11 is 0. The van der Waals surface area contributed by atoms with Crippen LogP contribution in [0.15, 0.2) is 24.3 Å². The first-order chi connectivity index (χ1) is 12.8. The Morgan fingerprint density at radius 1 is 1.15 bits per heavy atom. The zero-order valence-electron chi connectivity index (χ0n) is 16.1. The number of carbonyl (C=O) groups is 1. The Balaban J connectivity index is 1.75. The molecule has 2 N–H and O–H groups in total. The fourth-order valence-corrected chi connectivity index (χ4v) is 3.44. The molecule has 1 aliphatic heterocycles. The van der Waals surface area contributed by atoms with Gasteiger partial charge in [0, 0.05) is 19.0 Å². The minimum atomic E-state index is -4.49. The van der Waals surface area contributed by atoms with Crippen LogP contribution in [0.4, 0.5) is 18.9 Å². The van der Waals surface area contributed by atoms with Crippen LogP contribution in [-0.2, 0) is 11.0 Å². The molecule has 2 rings (SSSR count). The quantitative estimate of drug-likeness (QED) is 0.707. The third-order valence-electron chi connectivity index (χ3n) is 4.83. The van der Waals surface area contributed by atoms with E-state index in [1.54, 1.807) is 0 Å². The van der Waals surface area contributed by atoms with Crippen molar-refractivity contribution in [1.29, 1.82) is 0 Å². The number of para-hydroxylation sites is 1. The van der Waals surface area contributed by atoms with Crippen molar-refractivity contribution in [2.45, 2.75) is 51.7 Å². The fourth-order valence-electron chi connectivity index (χ4n) is 3.44. The van der Waals surface area contributed by atoms with E-state index in [-0.39, 0.29) is 18.2 Å². The maximum Gasteiger partial charge on any atom is 0.418 e. The first-order valence-electron chi connectivity index (χ1n) is 9.67. The van der Waals surface area contributed by atoms with Crippen LogP contribution in [0.5, 0.6) is 0 Å². The van der Waals surface area contributed by atoms with Crippen LogP contribution in [0, 0.1) is 5.92 Å². The maximum atomic E-state index is 13.0. The molecule has 0 bridgehead atoms. The Kier molecular flexibility index (Phi) is 8.10. The Labute approximate surface area is 159 Å². The van der Waals surface area contributed by atoms with Gasteiger partial charge in [0.25, 0.3) is 0 Å². The Morgan fingerprint density at radius 2 is 1.81 bits per heavy atom. The molecule has 1 aliphatic rings. The first kappa shape index (κ1) is 21.7. The number of halogens is 3. The molecule has 0 saturated carbocycles. The number of nitrogens with one attached hydrogen (secondary N) is 2. The summed E-state index contributed by atoms with van der Waals surface area (Å²) in [6, 6.07) is 4.94. The van der Waals surface area contributed by atoms with Gasteiger partial charge in [-0.3, -0.25) is 4.79 Å². The molecule has 1 aromatic rings. The summed E-state index contributed by atoms with van der Waals surface area (Å²) in [4.78, 5) is 14.6. The van der Waals surface area contributed by atoms with Crippen molar-refractivity contribution in [1.82, 2.24) is 10.2 Å². The van der Waals surface area contributed by atoms with Gasteiger partial charge in [-0.15, -0.1) is 0 Å². The Hall–Kier alpha value is -1.60. The van der Waals surface area contributed by atoms with Gasteiger partial charge < -0.3 is 15.5 Å². The average molecular weight is 385 g/mol. The van der Waals surface area contributed by atoms with Crippen molar-refractivity contribution < 1.29 is 18.0 Å². The van der Waals surface area contributed by atoms with Gasteiger partial charge in [-0.25, -0.2) is 0 Å². The van der Waals surface area contributed by atoms with Crippen LogP contribution in [0.3, 0.4) is 0 Å². The summed E-state index contributed by atoms with van der Waals surface area (Å²) < 4.78 is 39.0. The van der Waals surface area contributed by atoms with E-state index in [0.29, 0.717) is 5.92 Å². The van der Waals surface area contributed by atoms with E-state index in [1.165, 1.54) is 37.5 Å². The number of rotatable bonds is 8. The highest BCUT2D eigenvalue weighted by Crippen LogP contribution is 2.34. The zero-order chi connectivity index (χ0) is 19.9. The second kappa shape index (κ2) is 10.1. The van der Waals surface area contributed by atoms with E-state index >= 15 is 0 Å². The average Bonchev–Trinajstić information content (AvgIpc) is 2.60. The molecule has 1 fully saturated rings. The topological polar surface area (TPSA) is 44.4 Å². The van der Waals surface area contributed by atoms with Gasteiger partial charge in [0.2, 0.25) is 5.91 Å². The molecule has 2 unspecified atom stereocenters. The van der Waals surface area contributed by atoms with E-state index in [0.717, 1.165) is 32.2 Å². The second-order valence-electron chi connectivity index (χ2n) is 7.57. The summed E-state index contributed by atoms with van der Waals surface area (Å²) in [6.45, 7) is 8.17. The molecule has 0 aliphatic carbocycles. The van der Waals surface area contributed by atoms with Gasteiger partial charge in [0.05, 0.1) is 11.3 Å². The predicted molar refractivity (Wildman–Crippen MR) is 102 cm³/mol. The Bertz CT molecular complexity index is 600. The Morgan fingerprint density at radius 3 is 2.48 bits per heavy atom. The fraction of sp³-hybridized carbons (Fsp3) is 0.650. The number of anilines is 1. The molecule has 1 amide bonds. The molecule has 0 aromatic heterocycles. The minimum Gasteiger partial charge on any atom is -0.325 e. The van der Waals surface area contributed by atoms with E-state index in [9.17, 15) is 18.0 Å². The lowest BCUT2D eigenvalue weighted by molar-refractivity contribution is -0.137. The molecule has 1 heterocycles. The lowest BCUT2D eigenvalue weighted by Crippen LogP contribution is -2.39. The second-order valence-corrected chi connectivity index (χ2v) is 7.57. The third kappa shape index (κ3) is 7.50. The van der Waals surface area contributed by atoms with Crippen molar-refractivity contribution in [2.75, 3.05) is 31.5 Å². The molecule has 7 heteroatoms. The van der Waals surface area contributed by atoms with E-state index < -0.39 is 17.6 Å². The van der Waals surface area contributed by atoms with E-state index in [4.69, 9.17) is 0 Å². The van der Waals surface area contributed by atoms with Crippen molar-refractivity contribution in [3.63, 3.8) is 0 Å². The van der Waals surface area contributed by atoms with Crippen LogP contribution in [0.2, 0.25) is 0 Å². The molecule has 27 heavy (non-hydrogen) atoms. The number of likely N-dealkylation sites (tertiary alicyclic amines) is 1. The maximum absolute atomic E-state index is 13.0. The van der Waals surface area contributed by atoms with E-state index in [2.05, 4.69) is 22.5 Å². The molecule has 0 spiro atoms. The predicted octanol–water partition coefficient (Wildman–Crippen LogP) is 4.13. The van der Waals surface area contributed by atoms with Gasteiger partial charge in [-0.2, -0.15) is 13.2 Å². The standard InChI is InChI=1S/C20H30F3N3O/c1-15(14-26-10-6-3-7-11-26)13-24-16(2)12-19(27)25-18-9-5-4-8-17(18)20(21,22)23/h4-5,8-9,15-16,24H,3,6-7,10-14H2,1-2H3,(H,25,27). The number of carbonyl (C=O) groups excluding carboxylic acids is 1. The van der Waals surface area contributed by atoms with Crippen molar-refractivity contribution >= 4 is 11.6 Å². The smallest absolute Gasteiger partial charge is 0.325 e. The lowest BCUT2D eigenvalue weighted by Gasteiger charge is -2.29. The lowest BCUT2D eigenvalue weighted by atomic mass is 10.1. The van der Waals surface area contributed by atoms with E-state index in [1.807, 2.05) is 6.92 Å². The summed E-state index contributed by atoms with van der Waals surface area (Å²) in [5.74, 6) is 0.0370. The number of nitrogens with zero attached hydrogens (tertiary/aromatic N) is 1. The number of amides is 1. The van der Waals surface area contributed by atoms with Gasteiger partial charge >= 0.3 is 6.18 Å². The molecule has 4 nitrogen and oxygen atoms in total. The van der Waals surface area contributed by atoms with Crippen molar-refractivity contribution in [3.05, 3.63) is 29.8 Å². The van der Waals surface area contributed by atoms with Crippen LogP contribution >= 0.6 is 0 Å². The number of benzene rings is 1. The SMILES string of the molecule is CC(CNC(C)CC(=O)Nc1ccccc1C(F)(F)F)CN1CCCCC1. The largest absolute Gasteiger partial charge is 0.418 e. The van der Waals surface area contributed by atoms with Gasteiger partial charge in [-0.05, 0) is 57.5 Å². The molecular formula is C20H30F3N3O. The van der Waals surface area contributed by atoms with Gasteiger partial charge in [0.1, 0.15) is 0 Å². The summed E-state index contributed by atoms with van der Waals surface area (Å²) in [6.07, 6.45) is -0.529. The zero-order valence-corrected chi connectivity index (χ0v) is 16.1. The highest BCUT2D eigenvalue weighted by atomic mass is 19.4. The first-order valence-corrected chi connectivity index (χ1v) is 9.67. The molecule has 1 saturated heterocycles. The number of hydrogen-bond acceptors (Lipinski definition) is 3. The number of hydrogen-bond donors (Lipinski definition) is 2. The monoisotopic (exact) mass is 385 g/mol. The van der Waals surface area contributed by atoms with Gasteiger partial charge in [-0.1, -0.05) is 25.5 Å². The van der Waals surface area contributed by atoms with Crippen molar-refractivity contribution in [3.8, 4) is 0 Å². The molecule has 0 radical (unpaired) electrons. The molecule has 1 aromatic carbocycles. The number of alkyl halides is 3. The van der Waals surface area contributed by atoms with Crippen LogP contribution in [-0.4, -0.2) is 43.0 Å². The summed E-state index contributed by atoms with van der Waals surface area (Å²) in [5.41, 5.74) is -1.02. The van der Waals surface area contributed by atoms with Crippen LogP contribution in [0.1, 0.15) is 45.1 Å². The molecular weight excluding hydrogens is 355 g/mol. The van der Waals surface area contributed by atoms with Crippen LogP contribution in [0.25, 0.3) is 0 Å². The van der Waals surface area contributed by atoms with Gasteiger partial charge in [0.15, 0.2) is 0 Å². The van der Waals surface area contributed by atoms with Crippen LogP contribution < -0.4 is 10.6 Å². The third-order valence-corrected chi connectivity index (χ3v) is 4.83. The summed E-state index contributed by atoms with van der Waals surface area (Å²) in [7, 11) is 0. The summed E-state index contributed by atoms with van der Waals surface area (Å²) in [5, 5.41) is 5.72. The van der Waals surface area contributed by atoms with Crippen molar-refractivity contribution in [2.24, 2.45) is 5.92 Å². The minimum absolute atomic E-state index is 0.105. The highest BCUT2D eigenvalue weighted by Gasteiger charge is 2.33. The normalized spacial score (nSPS) is 18.1. The molecule has 2 atom stereocenters. The number of piperidine rings is 1.